The van der Waals surface area contributed by atoms with Crippen LogP contribution in [0.1, 0.15) is 11.1 Å². The third-order valence-corrected chi connectivity index (χ3v) is 5.16. The van der Waals surface area contributed by atoms with E-state index in [2.05, 4.69) is 17.6 Å². The lowest BCUT2D eigenvalue weighted by molar-refractivity contribution is -0.138. The van der Waals surface area contributed by atoms with Gasteiger partial charge in [-0.25, -0.2) is 0 Å². The summed E-state index contributed by atoms with van der Waals surface area (Å²) in [7, 11) is 0. The van der Waals surface area contributed by atoms with E-state index >= 15 is 0 Å². The van der Waals surface area contributed by atoms with Gasteiger partial charge in [0.05, 0.1) is 0 Å². The van der Waals surface area contributed by atoms with Crippen molar-refractivity contribution < 1.29 is 29.3 Å². The summed E-state index contributed by atoms with van der Waals surface area (Å²) in [5.41, 5.74) is 8.21. The molecule has 8 nitrogen and oxygen atoms in total. The molecule has 164 valence electrons. The summed E-state index contributed by atoms with van der Waals surface area (Å²) < 4.78 is 11.4. The van der Waals surface area contributed by atoms with Crippen molar-refractivity contribution in [1.82, 2.24) is 4.98 Å². The van der Waals surface area contributed by atoms with Gasteiger partial charge < -0.3 is 30.4 Å². The van der Waals surface area contributed by atoms with E-state index in [9.17, 15) is 9.59 Å². The Labute approximate surface area is 184 Å². The van der Waals surface area contributed by atoms with Gasteiger partial charge in [0.15, 0.2) is 0 Å². The van der Waals surface area contributed by atoms with Gasteiger partial charge in [-0.1, -0.05) is 12.1 Å². The number of ether oxygens (including phenoxy) is 2. The molecule has 0 radical (unpaired) electrons. The fraction of sp³-hybridized carbons (Fsp3) is 0.273. The third kappa shape index (κ3) is 6.16. The molecule has 31 heavy (non-hydrogen) atoms. The molecule has 5 N–H and O–H groups in total. The Balaban J connectivity index is 1.51. The van der Waals surface area contributed by atoms with Crippen molar-refractivity contribution in [2.24, 2.45) is 5.73 Å². The number of nitrogens with one attached hydrogen (secondary N) is 1. The van der Waals surface area contributed by atoms with Crippen LogP contribution in [-0.2, 0) is 22.4 Å². The molecule has 1 unspecified atom stereocenters. The zero-order valence-corrected chi connectivity index (χ0v) is 17.5. The van der Waals surface area contributed by atoms with Gasteiger partial charge in [-0.2, -0.15) is 12.6 Å². The maximum absolute atomic E-state index is 11.0. The molecule has 2 atom stereocenters. The van der Waals surface area contributed by atoms with Gasteiger partial charge in [-0.05, 0) is 47.9 Å². The van der Waals surface area contributed by atoms with Crippen LogP contribution in [0.25, 0.3) is 10.9 Å². The van der Waals surface area contributed by atoms with Crippen LogP contribution in [0.15, 0.2) is 48.7 Å². The molecular weight excluding hydrogens is 420 g/mol. The lowest BCUT2D eigenvalue weighted by atomic mass is 10.1. The Hall–Kier alpha value is -3.17. The van der Waals surface area contributed by atoms with Gasteiger partial charge in [-0.3, -0.25) is 9.59 Å². The van der Waals surface area contributed by atoms with E-state index in [1.165, 1.54) is 0 Å². The van der Waals surface area contributed by atoms with E-state index in [1.807, 2.05) is 30.3 Å². The predicted molar refractivity (Wildman–Crippen MR) is 119 cm³/mol. The zero-order valence-electron chi connectivity index (χ0n) is 16.7. The number of nitrogens with two attached hydrogens (primary N) is 1. The fourth-order valence-corrected chi connectivity index (χ4v) is 3.30. The van der Waals surface area contributed by atoms with Crippen LogP contribution in [0.4, 0.5) is 0 Å². The van der Waals surface area contributed by atoms with Crippen molar-refractivity contribution in [1.29, 1.82) is 0 Å². The number of thiol groups is 1. The van der Waals surface area contributed by atoms with Crippen molar-refractivity contribution in [3.05, 3.63) is 59.8 Å². The number of hydrogen-bond acceptors (Lipinski definition) is 6. The van der Waals surface area contributed by atoms with Crippen molar-refractivity contribution in [3.8, 4) is 11.5 Å². The number of hydrogen-bond donors (Lipinski definition) is 5. The SMILES string of the molecule is N[C@@H](Cc1c[nH]c2ccc(OCCOc3ccc(CC(S)C(=O)O)cc3)cc12)C(=O)O. The Bertz CT molecular complexity index is 1050. The van der Waals surface area contributed by atoms with Crippen LogP contribution in [0.5, 0.6) is 11.5 Å². The molecule has 3 aromatic rings. The highest BCUT2D eigenvalue weighted by Gasteiger charge is 2.15. The topological polar surface area (TPSA) is 135 Å². The third-order valence-electron chi connectivity index (χ3n) is 4.75. The smallest absolute Gasteiger partial charge is 0.320 e. The van der Waals surface area contributed by atoms with Crippen LogP contribution in [-0.4, -0.2) is 51.6 Å². The number of aromatic nitrogens is 1. The van der Waals surface area contributed by atoms with Crippen LogP contribution < -0.4 is 15.2 Å². The summed E-state index contributed by atoms with van der Waals surface area (Å²) in [5.74, 6) is -0.691. The second-order valence-corrected chi connectivity index (χ2v) is 7.69. The van der Waals surface area contributed by atoms with Gasteiger partial charge in [0.2, 0.25) is 0 Å². The lowest BCUT2D eigenvalue weighted by Gasteiger charge is -2.10. The maximum Gasteiger partial charge on any atom is 0.320 e. The first-order valence-electron chi connectivity index (χ1n) is 9.67. The van der Waals surface area contributed by atoms with E-state index in [1.54, 1.807) is 18.3 Å². The molecule has 0 saturated heterocycles. The Morgan fingerprint density at radius 2 is 1.61 bits per heavy atom. The number of aromatic amines is 1. The van der Waals surface area contributed by atoms with Gasteiger partial charge in [0, 0.05) is 23.5 Å². The van der Waals surface area contributed by atoms with Gasteiger partial charge >= 0.3 is 11.9 Å². The number of benzene rings is 2. The highest BCUT2D eigenvalue weighted by molar-refractivity contribution is 7.81. The summed E-state index contributed by atoms with van der Waals surface area (Å²) in [6.07, 6.45) is 2.32. The van der Waals surface area contributed by atoms with Gasteiger partial charge in [0.1, 0.15) is 36.0 Å². The molecule has 0 aliphatic rings. The highest BCUT2D eigenvalue weighted by Crippen LogP contribution is 2.25. The van der Waals surface area contributed by atoms with Crippen LogP contribution in [0.2, 0.25) is 0 Å². The van der Waals surface area contributed by atoms with Crippen molar-refractivity contribution in [2.75, 3.05) is 13.2 Å². The molecule has 0 saturated carbocycles. The summed E-state index contributed by atoms with van der Waals surface area (Å²) in [5, 5.41) is 18.1. The standard InChI is InChI=1S/C22H24N2O6S/c23-18(21(25)26)10-14-12-24-19-6-5-16(11-17(14)19)30-8-7-29-15-3-1-13(2-4-15)9-20(31)22(27)28/h1-6,11-12,18,20,24,31H,7-10,23H2,(H,25,26)(H,27,28)/t18-,20?/m0/s1. The normalized spacial score (nSPS) is 13.0. The minimum absolute atomic E-state index is 0.221. The van der Waals surface area contributed by atoms with Crippen LogP contribution in [0, 0.1) is 0 Å². The van der Waals surface area contributed by atoms with E-state index in [0.717, 1.165) is 22.0 Å². The quantitative estimate of drug-likeness (QED) is 0.226. The molecule has 0 aliphatic heterocycles. The summed E-state index contributed by atoms with van der Waals surface area (Å²) in [6, 6.07) is 11.8. The summed E-state index contributed by atoms with van der Waals surface area (Å²) in [4.78, 5) is 25.0. The molecule has 0 aliphatic carbocycles. The van der Waals surface area contributed by atoms with Crippen LogP contribution >= 0.6 is 12.6 Å². The van der Waals surface area contributed by atoms with Crippen molar-refractivity contribution in [2.45, 2.75) is 24.1 Å². The van der Waals surface area contributed by atoms with E-state index in [0.29, 0.717) is 31.1 Å². The number of H-pyrrole nitrogens is 1. The zero-order chi connectivity index (χ0) is 22.4. The number of rotatable bonds is 11. The molecule has 9 heteroatoms. The number of carboxylic acids is 2. The average molecular weight is 445 g/mol. The Morgan fingerprint density at radius 1 is 0.968 bits per heavy atom. The molecule has 0 bridgehead atoms. The average Bonchev–Trinajstić information content (AvgIpc) is 3.14. The van der Waals surface area contributed by atoms with E-state index in [4.69, 9.17) is 25.4 Å². The number of aliphatic carboxylic acids is 2. The van der Waals surface area contributed by atoms with Gasteiger partial charge in [0.25, 0.3) is 0 Å². The first kappa shape index (κ1) is 22.5. The lowest BCUT2D eigenvalue weighted by Crippen LogP contribution is -2.32. The molecule has 2 aromatic carbocycles. The highest BCUT2D eigenvalue weighted by atomic mass is 32.1. The molecule has 0 amide bonds. The fourth-order valence-electron chi connectivity index (χ4n) is 3.09. The summed E-state index contributed by atoms with van der Waals surface area (Å²) in [6.45, 7) is 0.644. The predicted octanol–water partition coefficient (Wildman–Crippen LogP) is 2.51. The first-order valence-corrected chi connectivity index (χ1v) is 10.2. The van der Waals surface area contributed by atoms with Crippen LogP contribution in [0.3, 0.4) is 0 Å². The molecule has 3 rings (SSSR count). The second kappa shape index (κ2) is 10.2. The summed E-state index contributed by atoms with van der Waals surface area (Å²) >= 11 is 4.03. The second-order valence-electron chi connectivity index (χ2n) is 7.07. The maximum atomic E-state index is 11.0. The molecule has 0 spiro atoms. The Kier molecular flexibility index (Phi) is 7.43. The van der Waals surface area contributed by atoms with Crippen molar-refractivity contribution in [3.63, 3.8) is 0 Å². The minimum Gasteiger partial charge on any atom is -0.490 e. The van der Waals surface area contributed by atoms with Gasteiger partial charge in [-0.15, -0.1) is 0 Å². The van der Waals surface area contributed by atoms with E-state index in [-0.39, 0.29) is 6.42 Å². The largest absolute Gasteiger partial charge is 0.490 e. The molecular formula is C22H24N2O6S. The number of fused-ring (bicyclic) bond motifs is 1. The molecule has 0 fully saturated rings. The Morgan fingerprint density at radius 3 is 2.26 bits per heavy atom. The van der Waals surface area contributed by atoms with E-state index < -0.39 is 23.2 Å². The molecule has 1 heterocycles. The monoisotopic (exact) mass is 444 g/mol. The number of carbonyl (C=O) groups is 2. The van der Waals surface area contributed by atoms with Crippen molar-refractivity contribution >= 4 is 35.5 Å². The minimum atomic E-state index is -1.04. The number of carboxylic acid groups (broad SMARTS) is 2. The molecule has 1 aromatic heterocycles. The first-order chi connectivity index (χ1) is 14.8.